The highest BCUT2D eigenvalue weighted by Crippen LogP contribution is 2.48. The third kappa shape index (κ3) is 4.27. The standard InChI is InChI=1S/C10H9Cl4O4P/c1-16-19(15,17-2)18-4-3-6-5-7(11)9(13)10(14)8(6)12/h3-5H,1-2H3/b4-3+. The summed E-state index contributed by atoms with van der Waals surface area (Å²) in [5.41, 5.74) is 0.444. The van der Waals surface area contributed by atoms with Gasteiger partial charge in [-0.3, -0.25) is 9.05 Å². The van der Waals surface area contributed by atoms with E-state index in [0.29, 0.717) is 5.56 Å². The molecule has 0 saturated carbocycles. The molecule has 0 atom stereocenters. The quantitative estimate of drug-likeness (QED) is 0.291. The van der Waals surface area contributed by atoms with Crippen molar-refractivity contribution in [2.75, 3.05) is 14.2 Å². The second kappa shape index (κ2) is 7.19. The summed E-state index contributed by atoms with van der Waals surface area (Å²) in [4.78, 5) is 0. The maximum atomic E-state index is 11.6. The van der Waals surface area contributed by atoms with Crippen molar-refractivity contribution in [2.45, 2.75) is 0 Å². The van der Waals surface area contributed by atoms with Crippen LogP contribution in [0.25, 0.3) is 6.08 Å². The minimum atomic E-state index is -3.59. The van der Waals surface area contributed by atoms with Gasteiger partial charge in [0, 0.05) is 14.2 Å². The molecule has 0 amide bonds. The molecule has 0 bridgehead atoms. The third-order valence-corrected chi connectivity index (χ3v) is 5.06. The van der Waals surface area contributed by atoms with Crippen LogP contribution in [0.4, 0.5) is 0 Å². The van der Waals surface area contributed by atoms with Gasteiger partial charge in [0.1, 0.15) is 0 Å². The van der Waals surface area contributed by atoms with Crippen molar-refractivity contribution in [2.24, 2.45) is 0 Å². The number of benzene rings is 1. The van der Waals surface area contributed by atoms with E-state index in [0.717, 1.165) is 6.26 Å². The van der Waals surface area contributed by atoms with Crippen molar-refractivity contribution >= 4 is 60.3 Å². The van der Waals surface area contributed by atoms with E-state index < -0.39 is 7.82 Å². The molecule has 0 unspecified atom stereocenters. The highest BCUT2D eigenvalue weighted by molar-refractivity contribution is 7.48. The number of hydrogen-bond acceptors (Lipinski definition) is 4. The molecule has 4 nitrogen and oxygen atoms in total. The average Bonchev–Trinajstić information content (AvgIpc) is 2.41. The first-order valence-electron chi connectivity index (χ1n) is 4.74. The summed E-state index contributed by atoms with van der Waals surface area (Å²) in [6, 6.07) is 1.49. The SMILES string of the molecule is COP(=O)(OC)O/C=C/c1cc(Cl)c(Cl)c(Cl)c1Cl. The van der Waals surface area contributed by atoms with Gasteiger partial charge in [-0.05, 0) is 17.7 Å². The van der Waals surface area contributed by atoms with Gasteiger partial charge in [0.2, 0.25) is 0 Å². The lowest BCUT2D eigenvalue weighted by atomic mass is 10.2. The second-order valence-corrected chi connectivity index (χ2v) is 6.49. The molecular formula is C10H9Cl4O4P. The van der Waals surface area contributed by atoms with Crippen molar-refractivity contribution in [1.82, 2.24) is 0 Å². The van der Waals surface area contributed by atoms with Crippen LogP contribution in [-0.4, -0.2) is 14.2 Å². The molecule has 0 aromatic heterocycles. The molecule has 1 aromatic carbocycles. The average molecular weight is 366 g/mol. The number of rotatable bonds is 5. The molecule has 0 aliphatic rings. The monoisotopic (exact) mass is 364 g/mol. The van der Waals surface area contributed by atoms with Gasteiger partial charge in [0.05, 0.1) is 26.4 Å². The van der Waals surface area contributed by atoms with E-state index in [1.165, 1.54) is 26.4 Å². The normalized spacial score (nSPS) is 12.1. The van der Waals surface area contributed by atoms with Gasteiger partial charge in [-0.1, -0.05) is 46.4 Å². The van der Waals surface area contributed by atoms with Gasteiger partial charge in [-0.25, -0.2) is 4.57 Å². The van der Waals surface area contributed by atoms with Gasteiger partial charge >= 0.3 is 7.82 Å². The Morgan fingerprint density at radius 1 is 1.05 bits per heavy atom. The van der Waals surface area contributed by atoms with E-state index >= 15 is 0 Å². The van der Waals surface area contributed by atoms with E-state index in [2.05, 4.69) is 9.05 Å². The fraction of sp³-hybridized carbons (Fsp3) is 0.200. The molecular weight excluding hydrogens is 357 g/mol. The van der Waals surface area contributed by atoms with Crippen LogP contribution >= 0.6 is 54.2 Å². The molecule has 0 saturated heterocycles. The topological polar surface area (TPSA) is 44.8 Å². The van der Waals surface area contributed by atoms with Gasteiger partial charge < -0.3 is 4.52 Å². The predicted octanol–water partition coefficient (Wildman–Crippen LogP) is 5.69. The first-order valence-corrected chi connectivity index (χ1v) is 7.71. The zero-order chi connectivity index (χ0) is 14.6. The Hall–Kier alpha value is 0.0700. The summed E-state index contributed by atoms with van der Waals surface area (Å²) in [6.45, 7) is 0. The van der Waals surface area contributed by atoms with Gasteiger partial charge in [0.25, 0.3) is 0 Å². The molecule has 0 radical (unpaired) electrons. The van der Waals surface area contributed by atoms with Crippen LogP contribution in [0, 0.1) is 0 Å². The molecule has 106 valence electrons. The summed E-state index contributed by atoms with van der Waals surface area (Å²) in [5.74, 6) is 0. The Morgan fingerprint density at radius 3 is 2.16 bits per heavy atom. The number of halogens is 4. The molecule has 0 heterocycles. The summed E-state index contributed by atoms with van der Waals surface area (Å²) < 4.78 is 25.6. The minimum Gasteiger partial charge on any atom is -0.412 e. The second-order valence-electron chi connectivity index (χ2n) is 3.11. The Kier molecular flexibility index (Phi) is 6.48. The number of hydrogen-bond donors (Lipinski definition) is 0. The van der Waals surface area contributed by atoms with Gasteiger partial charge in [0.15, 0.2) is 0 Å². The maximum Gasteiger partial charge on any atom is 0.528 e. The van der Waals surface area contributed by atoms with Crippen molar-refractivity contribution in [3.63, 3.8) is 0 Å². The zero-order valence-corrected chi connectivity index (χ0v) is 13.7. The first-order chi connectivity index (χ1) is 8.84. The molecule has 0 N–H and O–H groups in total. The molecule has 1 aromatic rings. The van der Waals surface area contributed by atoms with Gasteiger partial charge in [-0.15, -0.1) is 0 Å². The van der Waals surface area contributed by atoms with E-state index in [1.54, 1.807) is 0 Å². The fourth-order valence-corrected chi connectivity index (χ4v) is 2.46. The molecule has 0 fully saturated rings. The van der Waals surface area contributed by atoms with Crippen LogP contribution in [0.2, 0.25) is 20.1 Å². The first kappa shape index (κ1) is 17.1. The lowest BCUT2D eigenvalue weighted by molar-refractivity contribution is 0.194. The van der Waals surface area contributed by atoms with Gasteiger partial charge in [-0.2, -0.15) is 0 Å². The molecule has 1 rings (SSSR count). The van der Waals surface area contributed by atoms with Crippen LogP contribution in [-0.2, 0) is 18.1 Å². The zero-order valence-electron chi connectivity index (χ0n) is 9.82. The predicted molar refractivity (Wildman–Crippen MR) is 78.2 cm³/mol. The van der Waals surface area contributed by atoms with Crippen molar-refractivity contribution in [1.29, 1.82) is 0 Å². The molecule has 9 heteroatoms. The Labute approximate surface area is 130 Å². The fourth-order valence-electron chi connectivity index (χ4n) is 1.05. The van der Waals surface area contributed by atoms with Crippen molar-refractivity contribution in [3.05, 3.63) is 38.0 Å². The smallest absolute Gasteiger partial charge is 0.412 e. The highest BCUT2D eigenvalue weighted by atomic mass is 35.5. The van der Waals surface area contributed by atoms with Crippen LogP contribution in [0.5, 0.6) is 0 Å². The lowest BCUT2D eigenvalue weighted by Gasteiger charge is -2.11. The summed E-state index contributed by atoms with van der Waals surface area (Å²) in [7, 11) is -1.20. The largest absolute Gasteiger partial charge is 0.528 e. The number of phosphoric ester groups is 1. The Balaban J connectivity index is 2.98. The number of phosphoric acid groups is 1. The third-order valence-electron chi connectivity index (χ3n) is 2.02. The van der Waals surface area contributed by atoms with E-state index in [-0.39, 0.29) is 20.1 Å². The van der Waals surface area contributed by atoms with E-state index in [4.69, 9.17) is 50.9 Å². The Morgan fingerprint density at radius 2 is 1.63 bits per heavy atom. The minimum absolute atomic E-state index is 0.122. The summed E-state index contributed by atoms with van der Waals surface area (Å²) >= 11 is 23.5. The highest BCUT2D eigenvalue weighted by Gasteiger charge is 2.22. The molecule has 19 heavy (non-hydrogen) atoms. The molecule has 0 spiro atoms. The van der Waals surface area contributed by atoms with Crippen LogP contribution < -0.4 is 0 Å². The van der Waals surface area contributed by atoms with E-state index in [9.17, 15) is 4.57 Å². The summed E-state index contributed by atoms with van der Waals surface area (Å²) in [6.07, 6.45) is 2.51. The van der Waals surface area contributed by atoms with Crippen molar-refractivity contribution < 1.29 is 18.1 Å². The Bertz CT molecular complexity index is 539. The molecule has 0 aliphatic carbocycles. The summed E-state index contributed by atoms with van der Waals surface area (Å²) in [5, 5.41) is 0.709. The molecule has 0 aliphatic heterocycles. The van der Waals surface area contributed by atoms with Crippen LogP contribution in [0.3, 0.4) is 0 Å². The van der Waals surface area contributed by atoms with Crippen LogP contribution in [0.1, 0.15) is 5.56 Å². The maximum absolute atomic E-state index is 11.6. The lowest BCUT2D eigenvalue weighted by Crippen LogP contribution is -1.89. The van der Waals surface area contributed by atoms with E-state index in [1.807, 2.05) is 0 Å². The van der Waals surface area contributed by atoms with Crippen LogP contribution in [0.15, 0.2) is 12.3 Å². The van der Waals surface area contributed by atoms with Crippen molar-refractivity contribution in [3.8, 4) is 0 Å².